The second kappa shape index (κ2) is 9.93. The lowest BCUT2D eigenvalue weighted by atomic mass is 10.1. The molecule has 0 unspecified atom stereocenters. The van der Waals surface area contributed by atoms with Gasteiger partial charge in [-0.25, -0.2) is 8.78 Å². The molecule has 0 aliphatic rings. The lowest BCUT2D eigenvalue weighted by Crippen LogP contribution is -2.32. The van der Waals surface area contributed by atoms with Crippen molar-refractivity contribution < 1.29 is 23.1 Å². The number of rotatable bonds is 8. The van der Waals surface area contributed by atoms with Crippen LogP contribution in [0.1, 0.15) is 28.5 Å². The molecule has 1 N–H and O–H groups in total. The number of carbonyl (C=O) groups is 2. The number of nitrogens with one attached hydrogen (secondary N) is 1. The number of hydrogen-bond acceptors (Lipinski definition) is 4. The van der Waals surface area contributed by atoms with Gasteiger partial charge in [-0.05, 0) is 53.3 Å². The minimum Gasteiger partial charge on any atom is -0.456 e. The molecule has 0 saturated carbocycles. The zero-order valence-electron chi connectivity index (χ0n) is 15.4. The number of hydrogen-bond donors (Lipinski definition) is 1. The van der Waals surface area contributed by atoms with E-state index in [9.17, 15) is 18.4 Å². The van der Waals surface area contributed by atoms with Gasteiger partial charge in [-0.15, -0.1) is 11.3 Å². The molecule has 7 heteroatoms. The first-order valence-electron chi connectivity index (χ1n) is 8.99. The van der Waals surface area contributed by atoms with E-state index in [2.05, 4.69) is 5.32 Å². The highest BCUT2D eigenvalue weighted by molar-refractivity contribution is 7.10. The summed E-state index contributed by atoms with van der Waals surface area (Å²) in [4.78, 5) is 25.1. The standard InChI is InChI=1S/C22H19F2NO3S/c23-17-8-3-15(4-9-17)5-12-21(27)28-14-20(26)25-22(19-2-1-13-29-19)16-6-10-18(24)11-7-16/h1-4,6-11,13,22H,5,12,14H2,(H,25,26)/t22-/m0/s1. The number of carbonyl (C=O) groups excluding carboxylic acids is 2. The van der Waals surface area contributed by atoms with E-state index in [4.69, 9.17) is 4.74 Å². The summed E-state index contributed by atoms with van der Waals surface area (Å²) in [7, 11) is 0. The first kappa shape index (κ1) is 20.7. The van der Waals surface area contributed by atoms with Crippen molar-refractivity contribution in [2.45, 2.75) is 18.9 Å². The van der Waals surface area contributed by atoms with E-state index < -0.39 is 24.5 Å². The minimum atomic E-state index is -0.515. The predicted octanol–water partition coefficient (Wildman–Crippen LogP) is 4.41. The van der Waals surface area contributed by atoms with Crippen LogP contribution in [0.25, 0.3) is 0 Å². The molecule has 0 fully saturated rings. The molecule has 2 aromatic carbocycles. The predicted molar refractivity (Wildman–Crippen MR) is 106 cm³/mol. The minimum absolute atomic E-state index is 0.0885. The highest BCUT2D eigenvalue weighted by atomic mass is 32.1. The highest BCUT2D eigenvalue weighted by Gasteiger charge is 2.19. The van der Waals surface area contributed by atoms with Crippen molar-refractivity contribution in [1.29, 1.82) is 0 Å². The smallest absolute Gasteiger partial charge is 0.306 e. The highest BCUT2D eigenvalue weighted by Crippen LogP contribution is 2.26. The van der Waals surface area contributed by atoms with Crippen molar-refractivity contribution in [3.05, 3.63) is 93.7 Å². The number of esters is 1. The van der Waals surface area contributed by atoms with Crippen LogP contribution in [0, 0.1) is 11.6 Å². The van der Waals surface area contributed by atoms with Crippen molar-refractivity contribution in [3.63, 3.8) is 0 Å². The molecule has 0 bridgehead atoms. The van der Waals surface area contributed by atoms with E-state index in [1.807, 2.05) is 17.5 Å². The summed E-state index contributed by atoms with van der Waals surface area (Å²) >= 11 is 1.46. The van der Waals surface area contributed by atoms with Crippen LogP contribution in [0.5, 0.6) is 0 Å². The molecule has 150 valence electrons. The number of benzene rings is 2. The Bertz CT molecular complexity index is 941. The molecule has 4 nitrogen and oxygen atoms in total. The molecular formula is C22H19F2NO3S. The van der Waals surface area contributed by atoms with Gasteiger partial charge in [0.1, 0.15) is 11.6 Å². The van der Waals surface area contributed by atoms with E-state index >= 15 is 0 Å². The van der Waals surface area contributed by atoms with Gasteiger partial charge in [-0.2, -0.15) is 0 Å². The van der Waals surface area contributed by atoms with Gasteiger partial charge >= 0.3 is 5.97 Å². The summed E-state index contributed by atoms with van der Waals surface area (Å²) in [6.45, 7) is -0.411. The zero-order valence-corrected chi connectivity index (χ0v) is 16.3. The van der Waals surface area contributed by atoms with Crippen LogP contribution in [-0.2, 0) is 20.7 Å². The Kier molecular flexibility index (Phi) is 7.08. The van der Waals surface area contributed by atoms with E-state index in [0.717, 1.165) is 16.0 Å². The van der Waals surface area contributed by atoms with Crippen LogP contribution in [0.4, 0.5) is 8.78 Å². The van der Waals surface area contributed by atoms with Gasteiger partial charge in [0.25, 0.3) is 5.91 Å². The number of aryl methyl sites for hydroxylation is 1. The van der Waals surface area contributed by atoms with Gasteiger partial charge in [0.05, 0.1) is 6.04 Å². The number of ether oxygens (including phenoxy) is 1. The van der Waals surface area contributed by atoms with Gasteiger partial charge in [0.15, 0.2) is 6.61 Å². The van der Waals surface area contributed by atoms with Gasteiger partial charge < -0.3 is 10.1 Å². The van der Waals surface area contributed by atoms with Gasteiger partial charge in [-0.1, -0.05) is 30.3 Å². The van der Waals surface area contributed by atoms with Crippen LogP contribution in [0.3, 0.4) is 0 Å². The second-order valence-electron chi connectivity index (χ2n) is 6.35. The molecule has 3 aromatic rings. The molecule has 29 heavy (non-hydrogen) atoms. The second-order valence-corrected chi connectivity index (χ2v) is 7.33. The largest absolute Gasteiger partial charge is 0.456 e. The topological polar surface area (TPSA) is 55.4 Å². The number of thiophene rings is 1. The van der Waals surface area contributed by atoms with Crippen LogP contribution >= 0.6 is 11.3 Å². The summed E-state index contributed by atoms with van der Waals surface area (Å²) in [6, 6.07) is 15.0. The molecule has 0 aliphatic carbocycles. The van der Waals surface area contributed by atoms with E-state index in [1.165, 1.54) is 35.6 Å². The quantitative estimate of drug-likeness (QED) is 0.555. The van der Waals surface area contributed by atoms with E-state index in [0.29, 0.717) is 6.42 Å². The van der Waals surface area contributed by atoms with Gasteiger partial charge in [-0.3, -0.25) is 9.59 Å². The van der Waals surface area contributed by atoms with E-state index in [1.54, 1.807) is 24.3 Å². The van der Waals surface area contributed by atoms with Gasteiger partial charge in [0.2, 0.25) is 0 Å². The summed E-state index contributed by atoms with van der Waals surface area (Å²) in [5.41, 5.74) is 1.53. The third-order valence-corrected chi connectivity index (χ3v) is 5.17. The Hall–Kier alpha value is -3.06. The molecular weight excluding hydrogens is 396 g/mol. The van der Waals surface area contributed by atoms with Crippen molar-refractivity contribution in [1.82, 2.24) is 5.32 Å². The monoisotopic (exact) mass is 415 g/mol. The average Bonchev–Trinajstić information content (AvgIpc) is 3.25. The summed E-state index contributed by atoms with van der Waals surface area (Å²) in [6.07, 6.45) is 0.485. The van der Waals surface area contributed by atoms with Crippen LogP contribution in [0.2, 0.25) is 0 Å². The number of amides is 1. The fourth-order valence-corrected chi connectivity index (χ4v) is 3.55. The third-order valence-electron chi connectivity index (χ3n) is 4.23. The summed E-state index contributed by atoms with van der Waals surface area (Å²) in [5, 5.41) is 4.70. The van der Waals surface area contributed by atoms with Crippen molar-refractivity contribution in [2.75, 3.05) is 6.61 Å². The number of halogens is 2. The molecule has 1 atom stereocenters. The zero-order chi connectivity index (χ0) is 20.6. The van der Waals surface area contributed by atoms with Crippen LogP contribution in [0.15, 0.2) is 66.0 Å². The van der Waals surface area contributed by atoms with Crippen molar-refractivity contribution in [3.8, 4) is 0 Å². The molecule has 1 amide bonds. The summed E-state index contributed by atoms with van der Waals surface area (Å²) in [5.74, 6) is -1.67. The lowest BCUT2D eigenvalue weighted by Gasteiger charge is -2.18. The maximum absolute atomic E-state index is 13.2. The molecule has 0 saturated heterocycles. The summed E-state index contributed by atoms with van der Waals surface area (Å²) < 4.78 is 31.1. The van der Waals surface area contributed by atoms with Crippen molar-refractivity contribution >= 4 is 23.2 Å². The Labute approximate surface area is 171 Å². The Morgan fingerprint density at radius 1 is 0.966 bits per heavy atom. The normalized spacial score (nSPS) is 11.7. The molecule has 1 heterocycles. The Morgan fingerprint density at radius 2 is 1.62 bits per heavy atom. The molecule has 0 aliphatic heterocycles. The van der Waals surface area contributed by atoms with Gasteiger partial charge in [0, 0.05) is 11.3 Å². The fraction of sp³-hybridized carbons (Fsp3) is 0.182. The molecule has 0 spiro atoms. The molecule has 1 aromatic heterocycles. The Morgan fingerprint density at radius 3 is 2.24 bits per heavy atom. The van der Waals surface area contributed by atoms with Crippen LogP contribution < -0.4 is 5.32 Å². The maximum atomic E-state index is 13.2. The first-order valence-corrected chi connectivity index (χ1v) is 9.87. The molecule has 3 rings (SSSR count). The Balaban J connectivity index is 1.52. The average molecular weight is 415 g/mol. The van der Waals surface area contributed by atoms with E-state index in [-0.39, 0.29) is 18.1 Å². The fourth-order valence-electron chi connectivity index (χ4n) is 2.75. The SMILES string of the molecule is O=C(COC(=O)CCc1ccc(F)cc1)N[C@@H](c1ccc(F)cc1)c1cccs1. The van der Waals surface area contributed by atoms with Crippen LogP contribution in [-0.4, -0.2) is 18.5 Å². The lowest BCUT2D eigenvalue weighted by molar-refractivity contribution is -0.148. The maximum Gasteiger partial charge on any atom is 0.306 e. The first-order chi connectivity index (χ1) is 14.0. The molecule has 0 radical (unpaired) electrons. The third kappa shape index (κ3) is 6.22. The van der Waals surface area contributed by atoms with Crippen molar-refractivity contribution in [2.24, 2.45) is 0 Å².